The maximum atomic E-state index is 12.6. The average Bonchev–Trinajstić information content (AvgIpc) is 3.16. The van der Waals surface area contributed by atoms with Crippen LogP contribution in [0.2, 0.25) is 0 Å². The summed E-state index contributed by atoms with van der Waals surface area (Å²) >= 11 is 1.56. The molecule has 0 spiro atoms. The predicted molar refractivity (Wildman–Crippen MR) is 112 cm³/mol. The number of hydrogen-bond acceptors (Lipinski definition) is 4. The van der Waals surface area contributed by atoms with Crippen LogP contribution in [0.25, 0.3) is 21.2 Å². The van der Waals surface area contributed by atoms with E-state index in [4.69, 9.17) is 4.74 Å². The molecule has 140 valence electrons. The Balaban J connectivity index is 1.48. The molecular weight excluding hydrogens is 356 g/mol. The van der Waals surface area contributed by atoms with Gasteiger partial charge in [0.2, 0.25) is 0 Å². The third-order valence-corrected chi connectivity index (χ3v) is 6.27. The molecule has 1 aliphatic rings. The van der Waals surface area contributed by atoms with Crippen LogP contribution in [0.15, 0.2) is 48.5 Å². The van der Waals surface area contributed by atoms with E-state index < -0.39 is 0 Å². The molecule has 5 heteroatoms. The molecule has 4 rings (SSSR count). The Labute approximate surface area is 163 Å². The summed E-state index contributed by atoms with van der Waals surface area (Å²) in [4.78, 5) is 13.3. The molecule has 0 bridgehead atoms. The van der Waals surface area contributed by atoms with Crippen molar-refractivity contribution < 1.29 is 9.53 Å². The van der Waals surface area contributed by atoms with Crippen molar-refractivity contribution in [3.63, 3.8) is 0 Å². The highest BCUT2D eigenvalue weighted by Crippen LogP contribution is 2.31. The van der Waals surface area contributed by atoms with Crippen molar-refractivity contribution in [1.82, 2.24) is 10.6 Å². The summed E-state index contributed by atoms with van der Waals surface area (Å²) in [6, 6.07) is 16.4. The normalized spacial score (nSPS) is 15.0. The minimum atomic E-state index is 0.0423. The van der Waals surface area contributed by atoms with Crippen molar-refractivity contribution in [2.45, 2.75) is 12.8 Å². The number of carbonyl (C=O) groups is 1. The molecule has 27 heavy (non-hydrogen) atoms. The van der Waals surface area contributed by atoms with E-state index in [9.17, 15) is 4.79 Å². The van der Waals surface area contributed by atoms with E-state index in [1.165, 1.54) is 0 Å². The van der Waals surface area contributed by atoms with Gasteiger partial charge in [-0.3, -0.25) is 4.79 Å². The fraction of sp³-hybridized carbons (Fsp3) is 0.318. The Bertz CT molecular complexity index is 927. The van der Waals surface area contributed by atoms with E-state index in [0.717, 1.165) is 64.3 Å². The van der Waals surface area contributed by atoms with E-state index in [2.05, 4.69) is 41.0 Å². The lowest BCUT2D eigenvalue weighted by molar-refractivity contribution is 0.0948. The van der Waals surface area contributed by atoms with Gasteiger partial charge in [0.05, 0.1) is 12.0 Å². The number of amides is 1. The van der Waals surface area contributed by atoms with Crippen molar-refractivity contribution in [3.8, 4) is 16.9 Å². The van der Waals surface area contributed by atoms with E-state index in [-0.39, 0.29) is 5.91 Å². The predicted octanol–water partition coefficient (Wildman–Crippen LogP) is 4.31. The van der Waals surface area contributed by atoms with E-state index >= 15 is 0 Å². The number of hydrogen-bond donors (Lipinski definition) is 2. The molecule has 0 radical (unpaired) electrons. The summed E-state index contributed by atoms with van der Waals surface area (Å²) in [6.07, 6.45) is 2.27. The van der Waals surface area contributed by atoms with Crippen molar-refractivity contribution in [3.05, 3.63) is 53.4 Å². The quantitative estimate of drug-likeness (QED) is 0.694. The largest absolute Gasteiger partial charge is 0.497 e. The molecule has 0 saturated carbocycles. The van der Waals surface area contributed by atoms with Crippen molar-refractivity contribution in [2.75, 3.05) is 26.7 Å². The number of rotatable bonds is 5. The monoisotopic (exact) mass is 380 g/mol. The summed E-state index contributed by atoms with van der Waals surface area (Å²) in [6.45, 7) is 2.88. The summed E-state index contributed by atoms with van der Waals surface area (Å²) in [5.41, 5.74) is 2.29. The maximum absolute atomic E-state index is 12.6. The van der Waals surface area contributed by atoms with Crippen LogP contribution in [0.3, 0.4) is 0 Å². The molecule has 2 heterocycles. The number of thiophene rings is 1. The molecule has 1 amide bonds. The van der Waals surface area contributed by atoms with Gasteiger partial charge in [0.1, 0.15) is 5.75 Å². The lowest BCUT2D eigenvalue weighted by atomic mass is 9.98. The Morgan fingerprint density at radius 2 is 1.85 bits per heavy atom. The molecule has 0 aliphatic carbocycles. The molecule has 1 aliphatic heterocycles. The molecule has 1 fully saturated rings. The first kappa shape index (κ1) is 18.0. The zero-order chi connectivity index (χ0) is 18.6. The molecule has 0 unspecified atom stereocenters. The molecule has 4 nitrogen and oxygen atoms in total. The first-order valence-electron chi connectivity index (χ1n) is 9.40. The lowest BCUT2D eigenvalue weighted by Gasteiger charge is -2.22. The first-order chi connectivity index (χ1) is 13.2. The summed E-state index contributed by atoms with van der Waals surface area (Å²) < 4.78 is 6.36. The standard InChI is InChI=1S/C22H24N2O2S/c1-26-19-6-4-16(5-7-19)17-2-3-18-13-21(27-20(18)12-17)22(25)24-14-15-8-10-23-11-9-15/h2-7,12-13,15,23H,8-11,14H2,1H3,(H,24,25). The molecule has 1 saturated heterocycles. The molecule has 3 aromatic rings. The number of nitrogens with one attached hydrogen (secondary N) is 2. The fourth-order valence-corrected chi connectivity index (χ4v) is 4.53. The SMILES string of the molecule is COc1ccc(-c2ccc3cc(C(=O)NCC4CCNCC4)sc3c2)cc1. The molecule has 0 atom stereocenters. The van der Waals surface area contributed by atoms with Gasteiger partial charge in [-0.2, -0.15) is 0 Å². The zero-order valence-corrected chi connectivity index (χ0v) is 16.3. The van der Waals surface area contributed by atoms with Gasteiger partial charge in [0.15, 0.2) is 0 Å². The van der Waals surface area contributed by atoms with Crippen LogP contribution >= 0.6 is 11.3 Å². The van der Waals surface area contributed by atoms with Gasteiger partial charge in [-0.15, -0.1) is 11.3 Å². The van der Waals surface area contributed by atoms with Crippen LogP contribution in [0, 0.1) is 5.92 Å². The van der Waals surface area contributed by atoms with Gasteiger partial charge in [-0.1, -0.05) is 24.3 Å². The number of fused-ring (bicyclic) bond motifs is 1. The Kier molecular flexibility index (Phi) is 5.41. The average molecular weight is 381 g/mol. The Morgan fingerprint density at radius 1 is 1.11 bits per heavy atom. The van der Waals surface area contributed by atoms with Crippen molar-refractivity contribution >= 4 is 27.3 Å². The number of piperidine rings is 1. The maximum Gasteiger partial charge on any atom is 0.261 e. The highest BCUT2D eigenvalue weighted by atomic mass is 32.1. The van der Waals surface area contributed by atoms with Crippen LogP contribution in [0.4, 0.5) is 0 Å². The van der Waals surface area contributed by atoms with Gasteiger partial charge < -0.3 is 15.4 Å². The number of ether oxygens (including phenoxy) is 1. The number of benzene rings is 2. The smallest absolute Gasteiger partial charge is 0.261 e. The topological polar surface area (TPSA) is 50.4 Å². The fourth-order valence-electron chi connectivity index (χ4n) is 3.52. The van der Waals surface area contributed by atoms with Gasteiger partial charge in [0, 0.05) is 11.2 Å². The van der Waals surface area contributed by atoms with Gasteiger partial charge >= 0.3 is 0 Å². The minimum Gasteiger partial charge on any atom is -0.497 e. The summed E-state index contributed by atoms with van der Waals surface area (Å²) in [7, 11) is 1.67. The van der Waals surface area contributed by atoms with Crippen LogP contribution < -0.4 is 15.4 Å². The van der Waals surface area contributed by atoms with Crippen LogP contribution in [-0.2, 0) is 0 Å². The Morgan fingerprint density at radius 3 is 2.59 bits per heavy atom. The van der Waals surface area contributed by atoms with E-state index in [1.807, 2.05) is 18.2 Å². The number of methoxy groups -OCH3 is 1. The number of carbonyl (C=O) groups excluding carboxylic acids is 1. The van der Waals surface area contributed by atoms with Crippen LogP contribution in [0.1, 0.15) is 22.5 Å². The summed E-state index contributed by atoms with van der Waals surface area (Å²) in [5.74, 6) is 1.48. The molecule has 2 aromatic carbocycles. The van der Waals surface area contributed by atoms with Crippen LogP contribution in [-0.4, -0.2) is 32.7 Å². The third kappa shape index (κ3) is 4.15. The van der Waals surface area contributed by atoms with Gasteiger partial charge in [-0.25, -0.2) is 0 Å². The minimum absolute atomic E-state index is 0.0423. The summed E-state index contributed by atoms with van der Waals surface area (Å²) in [5, 5.41) is 7.59. The second kappa shape index (κ2) is 8.11. The van der Waals surface area contributed by atoms with E-state index in [1.54, 1.807) is 18.4 Å². The first-order valence-corrected chi connectivity index (χ1v) is 10.2. The van der Waals surface area contributed by atoms with Gasteiger partial charge in [0.25, 0.3) is 5.91 Å². The molecular formula is C22H24N2O2S. The zero-order valence-electron chi connectivity index (χ0n) is 15.5. The highest BCUT2D eigenvalue weighted by molar-refractivity contribution is 7.20. The van der Waals surface area contributed by atoms with Crippen LogP contribution in [0.5, 0.6) is 5.75 Å². The van der Waals surface area contributed by atoms with Gasteiger partial charge in [-0.05, 0) is 72.6 Å². The van der Waals surface area contributed by atoms with Crippen molar-refractivity contribution in [1.29, 1.82) is 0 Å². The third-order valence-electron chi connectivity index (χ3n) is 5.18. The molecule has 2 N–H and O–H groups in total. The highest BCUT2D eigenvalue weighted by Gasteiger charge is 2.16. The van der Waals surface area contributed by atoms with Crippen molar-refractivity contribution in [2.24, 2.45) is 5.92 Å². The second-order valence-corrected chi connectivity index (χ2v) is 8.08. The van der Waals surface area contributed by atoms with E-state index in [0.29, 0.717) is 5.92 Å². The lowest BCUT2D eigenvalue weighted by Crippen LogP contribution is -2.35. The second-order valence-electron chi connectivity index (χ2n) is 7.00. The Hall–Kier alpha value is -2.37. The molecule has 1 aromatic heterocycles.